The van der Waals surface area contributed by atoms with Crippen molar-refractivity contribution < 1.29 is 14.3 Å². The summed E-state index contributed by atoms with van der Waals surface area (Å²) >= 11 is 0. The predicted molar refractivity (Wildman–Crippen MR) is 49.5 cm³/mol. The van der Waals surface area contributed by atoms with Crippen LogP contribution < -0.4 is 0 Å². The van der Waals surface area contributed by atoms with Crippen molar-refractivity contribution in [1.82, 2.24) is 0 Å². The van der Waals surface area contributed by atoms with Gasteiger partial charge >= 0.3 is 0 Å². The molecule has 1 rings (SSSR count). The zero-order valence-corrected chi connectivity index (χ0v) is 8.28. The van der Waals surface area contributed by atoms with E-state index < -0.39 is 11.7 Å². The molecule has 1 heterocycles. The number of furan rings is 1. The lowest BCUT2D eigenvalue weighted by Crippen LogP contribution is -2.39. The number of ether oxygens (including phenoxy) is 1. The van der Waals surface area contributed by atoms with Gasteiger partial charge in [0.25, 0.3) is 0 Å². The number of aliphatic hydroxyl groups is 1. The van der Waals surface area contributed by atoms with Crippen LogP contribution in [0.15, 0.2) is 22.8 Å². The van der Waals surface area contributed by atoms with E-state index >= 15 is 0 Å². The summed E-state index contributed by atoms with van der Waals surface area (Å²) in [4.78, 5) is 0. The number of aliphatic hydroxyl groups excluding tert-OH is 1. The number of methoxy groups -OCH3 is 1. The molecule has 1 atom stereocenters. The van der Waals surface area contributed by atoms with Crippen molar-refractivity contribution in [1.29, 1.82) is 0 Å². The SMILES string of the molecule is COC(C)(C)C(O)Cc1ccco1. The Morgan fingerprint density at radius 1 is 1.62 bits per heavy atom. The molecule has 0 aliphatic rings. The molecule has 1 aromatic rings. The van der Waals surface area contributed by atoms with Gasteiger partial charge in [0, 0.05) is 13.5 Å². The Morgan fingerprint density at radius 2 is 2.31 bits per heavy atom. The van der Waals surface area contributed by atoms with E-state index in [-0.39, 0.29) is 0 Å². The van der Waals surface area contributed by atoms with Crippen LogP contribution in [0.2, 0.25) is 0 Å². The van der Waals surface area contributed by atoms with Crippen LogP contribution in [0, 0.1) is 0 Å². The molecule has 0 spiro atoms. The van der Waals surface area contributed by atoms with Gasteiger partial charge in [0.1, 0.15) is 5.76 Å². The van der Waals surface area contributed by atoms with Gasteiger partial charge in [-0.3, -0.25) is 0 Å². The van der Waals surface area contributed by atoms with Crippen LogP contribution in [-0.4, -0.2) is 23.9 Å². The smallest absolute Gasteiger partial charge is 0.106 e. The first-order valence-corrected chi connectivity index (χ1v) is 4.32. The number of rotatable bonds is 4. The number of hydrogen-bond acceptors (Lipinski definition) is 3. The van der Waals surface area contributed by atoms with E-state index in [1.165, 1.54) is 0 Å². The lowest BCUT2D eigenvalue weighted by atomic mass is 9.98. The maximum Gasteiger partial charge on any atom is 0.106 e. The zero-order chi connectivity index (χ0) is 9.90. The van der Waals surface area contributed by atoms with E-state index in [1.54, 1.807) is 13.4 Å². The van der Waals surface area contributed by atoms with Gasteiger partial charge in [-0.05, 0) is 26.0 Å². The van der Waals surface area contributed by atoms with Gasteiger partial charge in [-0.25, -0.2) is 0 Å². The zero-order valence-electron chi connectivity index (χ0n) is 8.28. The van der Waals surface area contributed by atoms with Crippen LogP contribution >= 0.6 is 0 Å². The maximum atomic E-state index is 9.76. The van der Waals surface area contributed by atoms with Crippen LogP contribution in [0.3, 0.4) is 0 Å². The van der Waals surface area contributed by atoms with Crippen LogP contribution in [0.4, 0.5) is 0 Å². The maximum absolute atomic E-state index is 9.76. The van der Waals surface area contributed by atoms with Gasteiger partial charge in [0.05, 0.1) is 18.0 Å². The minimum Gasteiger partial charge on any atom is -0.469 e. The second kappa shape index (κ2) is 3.94. The Kier molecular flexibility index (Phi) is 3.12. The van der Waals surface area contributed by atoms with E-state index in [0.29, 0.717) is 6.42 Å². The molecule has 0 aliphatic heterocycles. The molecule has 3 nitrogen and oxygen atoms in total. The molecular weight excluding hydrogens is 168 g/mol. The minimum atomic E-state index is -0.552. The summed E-state index contributed by atoms with van der Waals surface area (Å²) in [5, 5.41) is 9.76. The number of hydrogen-bond donors (Lipinski definition) is 1. The summed E-state index contributed by atoms with van der Waals surface area (Å²) < 4.78 is 10.3. The second-order valence-electron chi connectivity index (χ2n) is 3.61. The highest BCUT2D eigenvalue weighted by atomic mass is 16.5. The molecule has 13 heavy (non-hydrogen) atoms. The van der Waals surface area contributed by atoms with Crippen LogP contribution in [0.1, 0.15) is 19.6 Å². The normalized spacial score (nSPS) is 14.5. The third-order valence-corrected chi connectivity index (χ3v) is 2.30. The standard InChI is InChI=1S/C10H16O3/c1-10(2,12-3)9(11)7-8-5-4-6-13-8/h4-6,9,11H,7H2,1-3H3. The van der Waals surface area contributed by atoms with Gasteiger partial charge in [-0.15, -0.1) is 0 Å². The van der Waals surface area contributed by atoms with Gasteiger partial charge in [0.2, 0.25) is 0 Å². The molecule has 0 amide bonds. The lowest BCUT2D eigenvalue weighted by molar-refractivity contribution is -0.0780. The summed E-state index contributed by atoms with van der Waals surface area (Å²) in [5.41, 5.74) is -0.535. The molecule has 0 aliphatic carbocycles. The first kappa shape index (κ1) is 10.3. The molecule has 0 saturated carbocycles. The molecule has 0 fully saturated rings. The highest BCUT2D eigenvalue weighted by molar-refractivity contribution is 5.01. The van der Waals surface area contributed by atoms with Crippen molar-refractivity contribution in [3.8, 4) is 0 Å². The molecule has 3 heteroatoms. The molecule has 0 aromatic carbocycles. The highest BCUT2D eigenvalue weighted by Gasteiger charge is 2.27. The fourth-order valence-corrected chi connectivity index (χ4v) is 1.00. The summed E-state index contributed by atoms with van der Waals surface area (Å²) in [5.74, 6) is 0.776. The quantitative estimate of drug-likeness (QED) is 0.773. The first-order valence-electron chi connectivity index (χ1n) is 4.32. The van der Waals surface area contributed by atoms with Crippen molar-refractivity contribution in [2.45, 2.75) is 32.0 Å². The average molecular weight is 184 g/mol. The van der Waals surface area contributed by atoms with Gasteiger partial charge < -0.3 is 14.3 Å². The van der Waals surface area contributed by atoms with Crippen LogP contribution in [-0.2, 0) is 11.2 Å². The predicted octanol–water partition coefficient (Wildman–Crippen LogP) is 1.61. The molecule has 1 aromatic heterocycles. The van der Waals surface area contributed by atoms with Crippen molar-refractivity contribution in [2.24, 2.45) is 0 Å². The third-order valence-electron chi connectivity index (χ3n) is 2.30. The molecule has 1 unspecified atom stereocenters. The van der Waals surface area contributed by atoms with Crippen LogP contribution in [0.25, 0.3) is 0 Å². The van der Waals surface area contributed by atoms with Crippen LogP contribution in [0.5, 0.6) is 0 Å². The van der Waals surface area contributed by atoms with Gasteiger partial charge in [0.15, 0.2) is 0 Å². The monoisotopic (exact) mass is 184 g/mol. The first-order chi connectivity index (χ1) is 6.06. The Morgan fingerprint density at radius 3 is 2.77 bits per heavy atom. The lowest BCUT2D eigenvalue weighted by Gasteiger charge is -2.28. The summed E-state index contributed by atoms with van der Waals surface area (Å²) in [6.07, 6.45) is 1.53. The van der Waals surface area contributed by atoms with Crippen molar-refractivity contribution in [3.63, 3.8) is 0 Å². The van der Waals surface area contributed by atoms with E-state index in [4.69, 9.17) is 9.15 Å². The fourth-order valence-electron chi connectivity index (χ4n) is 1.00. The van der Waals surface area contributed by atoms with E-state index in [0.717, 1.165) is 5.76 Å². The summed E-state index contributed by atoms with van der Waals surface area (Å²) in [6, 6.07) is 3.65. The van der Waals surface area contributed by atoms with E-state index in [1.807, 2.05) is 26.0 Å². The minimum absolute atomic E-state index is 0.480. The van der Waals surface area contributed by atoms with E-state index in [9.17, 15) is 5.11 Å². The summed E-state index contributed by atoms with van der Waals surface area (Å²) in [6.45, 7) is 3.70. The fraction of sp³-hybridized carbons (Fsp3) is 0.600. The Hall–Kier alpha value is -0.800. The Balaban J connectivity index is 2.55. The summed E-state index contributed by atoms with van der Waals surface area (Å²) in [7, 11) is 1.59. The average Bonchev–Trinajstić information content (AvgIpc) is 2.57. The highest BCUT2D eigenvalue weighted by Crippen LogP contribution is 2.17. The molecule has 74 valence electrons. The van der Waals surface area contributed by atoms with E-state index in [2.05, 4.69) is 0 Å². The third kappa shape index (κ3) is 2.57. The van der Waals surface area contributed by atoms with Gasteiger partial charge in [-0.1, -0.05) is 0 Å². The molecule has 1 N–H and O–H groups in total. The molecular formula is C10H16O3. The second-order valence-corrected chi connectivity index (χ2v) is 3.61. The molecule has 0 saturated heterocycles. The molecule has 0 radical (unpaired) electrons. The van der Waals surface area contributed by atoms with Gasteiger partial charge in [-0.2, -0.15) is 0 Å². The Labute approximate surface area is 78.3 Å². The van der Waals surface area contributed by atoms with Crippen molar-refractivity contribution in [3.05, 3.63) is 24.2 Å². The Bertz CT molecular complexity index is 239. The van der Waals surface area contributed by atoms with Crippen molar-refractivity contribution >= 4 is 0 Å². The molecule has 0 bridgehead atoms. The topological polar surface area (TPSA) is 42.6 Å². The van der Waals surface area contributed by atoms with Crippen molar-refractivity contribution in [2.75, 3.05) is 7.11 Å². The largest absolute Gasteiger partial charge is 0.469 e.